The second-order valence-electron chi connectivity index (χ2n) is 6.99. The summed E-state index contributed by atoms with van der Waals surface area (Å²) in [6.45, 7) is 3.64. The molecule has 8 heteroatoms. The molecule has 2 aliphatic heterocycles. The highest BCUT2D eigenvalue weighted by molar-refractivity contribution is 6.32. The Morgan fingerprint density at radius 2 is 1.87 bits per heavy atom. The van der Waals surface area contributed by atoms with Crippen molar-refractivity contribution in [3.05, 3.63) is 76.6 Å². The molecule has 1 N–H and O–H groups in total. The van der Waals surface area contributed by atoms with E-state index in [4.69, 9.17) is 19.7 Å². The van der Waals surface area contributed by atoms with Gasteiger partial charge in [-0.05, 0) is 49.8 Å². The average molecular weight is 417 g/mol. The average Bonchev–Trinajstić information content (AvgIpc) is 3.12. The minimum atomic E-state index is -0.542. The molecule has 2 aromatic rings. The smallest absolute Gasteiger partial charge is 0.343 e. The number of nitrogens with zero attached hydrogens (tertiary/aromatic N) is 2. The van der Waals surface area contributed by atoms with E-state index in [1.54, 1.807) is 43.3 Å². The summed E-state index contributed by atoms with van der Waals surface area (Å²) >= 11 is 0. The van der Waals surface area contributed by atoms with Crippen LogP contribution in [0.2, 0.25) is 0 Å². The van der Waals surface area contributed by atoms with Gasteiger partial charge in [0, 0.05) is 6.08 Å². The summed E-state index contributed by atoms with van der Waals surface area (Å²) in [5, 5.41) is 9.48. The molecule has 0 atom stereocenters. The fourth-order valence-electron chi connectivity index (χ4n) is 3.07. The zero-order chi connectivity index (χ0) is 22.1. The van der Waals surface area contributed by atoms with Crippen molar-refractivity contribution in [2.45, 2.75) is 13.8 Å². The van der Waals surface area contributed by atoms with Crippen LogP contribution in [0.1, 0.15) is 28.4 Å². The van der Waals surface area contributed by atoms with Crippen LogP contribution in [-0.2, 0) is 9.63 Å². The molecule has 0 fully saturated rings. The highest BCUT2D eigenvalue weighted by Crippen LogP contribution is 2.31. The molecule has 0 saturated carbocycles. The number of aliphatic imine (C=N–C) groups is 1. The molecule has 0 spiro atoms. The van der Waals surface area contributed by atoms with Crippen molar-refractivity contribution in [1.82, 2.24) is 5.06 Å². The van der Waals surface area contributed by atoms with Crippen LogP contribution in [0.5, 0.6) is 11.5 Å². The first-order chi connectivity index (χ1) is 14.9. The van der Waals surface area contributed by atoms with Crippen molar-refractivity contribution >= 4 is 29.6 Å². The van der Waals surface area contributed by atoms with Crippen LogP contribution in [0, 0.1) is 12.3 Å². The first-order valence-electron chi connectivity index (χ1n) is 9.42. The predicted molar refractivity (Wildman–Crippen MR) is 114 cm³/mol. The van der Waals surface area contributed by atoms with Gasteiger partial charge in [-0.25, -0.2) is 4.79 Å². The minimum Gasteiger partial charge on any atom is -0.493 e. The van der Waals surface area contributed by atoms with E-state index in [-0.39, 0.29) is 23.0 Å². The molecule has 0 unspecified atom stereocenters. The summed E-state index contributed by atoms with van der Waals surface area (Å²) in [7, 11) is 1.45. The van der Waals surface area contributed by atoms with Gasteiger partial charge >= 0.3 is 5.97 Å². The highest BCUT2D eigenvalue weighted by Gasteiger charge is 2.34. The number of allylic oxidation sites excluding steroid dienone is 1. The number of rotatable bonds is 4. The van der Waals surface area contributed by atoms with E-state index in [1.807, 2.05) is 19.1 Å². The Balaban J connectivity index is 1.58. The van der Waals surface area contributed by atoms with E-state index in [0.29, 0.717) is 22.6 Å². The van der Waals surface area contributed by atoms with Gasteiger partial charge in [0.05, 0.1) is 18.2 Å². The van der Waals surface area contributed by atoms with Crippen molar-refractivity contribution in [3.8, 4) is 11.5 Å². The van der Waals surface area contributed by atoms with Crippen molar-refractivity contribution in [3.63, 3.8) is 0 Å². The first-order valence-corrected chi connectivity index (χ1v) is 9.42. The second-order valence-corrected chi connectivity index (χ2v) is 6.99. The third-order valence-electron chi connectivity index (χ3n) is 4.67. The molecule has 2 aliphatic rings. The number of ether oxygens (including phenoxy) is 2. The number of methoxy groups -OCH3 is 1. The Morgan fingerprint density at radius 1 is 1.13 bits per heavy atom. The van der Waals surface area contributed by atoms with Gasteiger partial charge in [-0.3, -0.25) is 10.2 Å². The molecule has 156 valence electrons. The molecule has 0 aromatic heterocycles. The molecule has 0 radical (unpaired) electrons. The van der Waals surface area contributed by atoms with Crippen molar-refractivity contribution in [2.24, 2.45) is 4.99 Å². The quantitative estimate of drug-likeness (QED) is 0.463. The Labute approximate surface area is 178 Å². The van der Waals surface area contributed by atoms with Crippen LogP contribution >= 0.6 is 0 Å². The number of hydrogen-bond donors (Lipinski definition) is 1. The largest absolute Gasteiger partial charge is 0.493 e. The SMILES string of the molecule is COc1cc(/C=C2\C(=N)N3OC(C)=CC3=NC2=O)ccc1OC(=O)c1ccc(C)cc1. The zero-order valence-corrected chi connectivity index (χ0v) is 17.1. The maximum Gasteiger partial charge on any atom is 0.343 e. The van der Waals surface area contributed by atoms with Gasteiger partial charge in [0.1, 0.15) is 5.76 Å². The van der Waals surface area contributed by atoms with Gasteiger partial charge in [0.2, 0.25) is 0 Å². The number of amides is 1. The number of fused-ring (bicyclic) bond motifs is 1. The first kappa shape index (κ1) is 20.1. The zero-order valence-electron chi connectivity index (χ0n) is 17.1. The lowest BCUT2D eigenvalue weighted by molar-refractivity contribution is -0.114. The van der Waals surface area contributed by atoms with Crippen LogP contribution in [0.25, 0.3) is 6.08 Å². The molecule has 0 aliphatic carbocycles. The molecule has 4 rings (SSSR count). The van der Waals surface area contributed by atoms with E-state index in [1.165, 1.54) is 18.2 Å². The third-order valence-corrected chi connectivity index (χ3v) is 4.67. The van der Waals surface area contributed by atoms with Gasteiger partial charge in [0.15, 0.2) is 23.2 Å². The van der Waals surface area contributed by atoms with E-state index in [2.05, 4.69) is 4.99 Å². The van der Waals surface area contributed by atoms with Gasteiger partial charge in [-0.2, -0.15) is 4.99 Å². The maximum atomic E-state index is 12.4. The van der Waals surface area contributed by atoms with Crippen LogP contribution in [0.3, 0.4) is 0 Å². The van der Waals surface area contributed by atoms with E-state index in [9.17, 15) is 9.59 Å². The number of esters is 1. The van der Waals surface area contributed by atoms with Crippen LogP contribution < -0.4 is 9.47 Å². The van der Waals surface area contributed by atoms with E-state index >= 15 is 0 Å². The van der Waals surface area contributed by atoms with Crippen molar-refractivity contribution < 1.29 is 23.9 Å². The number of carbonyl (C=O) groups excluding carboxylic acids is 2. The van der Waals surface area contributed by atoms with Crippen molar-refractivity contribution in [1.29, 1.82) is 5.41 Å². The van der Waals surface area contributed by atoms with Gasteiger partial charge in [-0.1, -0.05) is 23.8 Å². The van der Waals surface area contributed by atoms with Crippen LogP contribution in [-0.4, -0.2) is 35.7 Å². The summed E-state index contributed by atoms with van der Waals surface area (Å²) in [6, 6.07) is 11.9. The number of hydrogen-bond acceptors (Lipinski definition) is 6. The Kier molecular flexibility index (Phi) is 5.12. The number of amidine groups is 2. The number of carbonyl (C=O) groups is 2. The minimum absolute atomic E-state index is 0.0679. The Morgan fingerprint density at radius 3 is 2.58 bits per heavy atom. The summed E-state index contributed by atoms with van der Waals surface area (Å²) in [4.78, 5) is 34.2. The second kappa shape index (κ2) is 7.91. The maximum absolute atomic E-state index is 12.4. The molecule has 2 aromatic carbocycles. The number of nitrogens with one attached hydrogen (secondary N) is 1. The van der Waals surface area contributed by atoms with Gasteiger partial charge in [-0.15, -0.1) is 5.06 Å². The summed E-state index contributed by atoms with van der Waals surface area (Å²) in [5.74, 6) is 0.202. The van der Waals surface area contributed by atoms with E-state index in [0.717, 1.165) is 5.56 Å². The number of benzene rings is 2. The normalized spacial score (nSPS) is 16.5. The van der Waals surface area contributed by atoms with Crippen LogP contribution in [0.4, 0.5) is 0 Å². The van der Waals surface area contributed by atoms with Crippen molar-refractivity contribution in [2.75, 3.05) is 7.11 Å². The van der Waals surface area contributed by atoms with Gasteiger partial charge in [0.25, 0.3) is 5.91 Å². The van der Waals surface area contributed by atoms with E-state index < -0.39 is 11.9 Å². The summed E-state index contributed by atoms with van der Waals surface area (Å²) in [5.41, 5.74) is 2.10. The monoisotopic (exact) mass is 417 g/mol. The molecular weight excluding hydrogens is 398 g/mol. The Hall–Kier alpha value is -4.20. The lowest BCUT2D eigenvalue weighted by Gasteiger charge is -2.23. The van der Waals surface area contributed by atoms with Crippen LogP contribution in [0.15, 0.2) is 64.9 Å². The lowest BCUT2D eigenvalue weighted by atomic mass is 10.1. The standard InChI is InChI=1S/C23H19N3O5/c1-13-4-7-16(8-5-13)23(28)30-18-9-6-15(12-19(18)29-3)11-17-21(24)26-20(25-22(17)27)10-14(2)31-26/h4-12,24H,1-3H3/b17-11+,24-21?. The summed E-state index contributed by atoms with van der Waals surface area (Å²) < 4.78 is 10.8. The fourth-order valence-corrected chi connectivity index (χ4v) is 3.07. The third kappa shape index (κ3) is 3.95. The predicted octanol–water partition coefficient (Wildman–Crippen LogP) is 3.67. The molecule has 0 bridgehead atoms. The highest BCUT2D eigenvalue weighted by atomic mass is 16.7. The lowest BCUT2D eigenvalue weighted by Crippen LogP contribution is -2.38. The molecule has 8 nitrogen and oxygen atoms in total. The number of hydroxylamine groups is 2. The molecule has 1 amide bonds. The fraction of sp³-hybridized carbons (Fsp3) is 0.130. The Bertz CT molecular complexity index is 1190. The molecular formula is C23H19N3O5. The topological polar surface area (TPSA) is 101 Å². The molecule has 0 saturated heterocycles. The molecule has 2 heterocycles. The number of aryl methyl sites for hydroxylation is 1. The molecule has 31 heavy (non-hydrogen) atoms. The van der Waals surface area contributed by atoms with Gasteiger partial charge < -0.3 is 14.3 Å². The summed E-state index contributed by atoms with van der Waals surface area (Å²) in [6.07, 6.45) is 3.10.